The summed E-state index contributed by atoms with van der Waals surface area (Å²) in [7, 11) is 0. The molecule has 0 radical (unpaired) electrons. The molecule has 4 N–H and O–H groups in total. The third-order valence-corrected chi connectivity index (χ3v) is 6.12. The highest BCUT2D eigenvalue weighted by Crippen LogP contribution is 2.62. The predicted octanol–water partition coefficient (Wildman–Crippen LogP) is 4.39. The van der Waals surface area contributed by atoms with Crippen LogP contribution in [0, 0.1) is 0 Å². The highest BCUT2D eigenvalue weighted by Gasteiger charge is 2.52. The van der Waals surface area contributed by atoms with Crippen molar-refractivity contribution in [3.05, 3.63) is 67.4 Å². The lowest BCUT2D eigenvalue weighted by molar-refractivity contribution is 0.399. The van der Waals surface area contributed by atoms with Crippen LogP contribution in [0.4, 0.5) is 0 Å². The summed E-state index contributed by atoms with van der Waals surface area (Å²) in [4.78, 5) is 5.67. The van der Waals surface area contributed by atoms with E-state index in [9.17, 15) is 20.4 Å². The third kappa shape index (κ3) is 2.74. The van der Waals surface area contributed by atoms with Gasteiger partial charge < -0.3 is 20.4 Å². The number of phenolic OH excluding ortho intramolecular Hbond substituents is 4. The fourth-order valence-corrected chi connectivity index (χ4v) is 5.02. The number of hydrogen-bond acceptors (Lipinski definition) is 6. The molecule has 2 aromatic carbocycles. The van der Waals surface area contributed by atoms with Crippen molar-refractivity contribution in [1.29, 1.82) is 0 Å². The molecule has 2 unspecified atom stereocenters. The maximum atomic E-state index is 10.2. The van der Waals surface area contributed by atoms with Gasteiger partial charge in [-0.05, 0) is 82.3 Å². The topological polar surface area (TPSA) is 178 Å². The van der Waals surface area contributed by atoms with Crippen LogP contribution in [0.2, 0.25) is 0 Å². The maximum Gasteiger partial charge on any atom is 0.157 e. The molecule has 1 spiro atoms. The van der Waals surface area contributed by atoms with E-state index in [4.69, 9.17) is 11.1 Å². The molecule has 2 aliphatic carbocycles. The van der Waals surface area contributed by atoms with Crippen LogP contribution < -0.4 is 0 Å². The fourth-order valence-electron chi connectivity index (χ4n) is 5.02. The van der Waals surface area contributed by atoms with Crippen LogP contribution in [0.25, 0.3) is 20.9 Å². The van der Waals surface area contributed by atoms with Gasteiger partial charge in [0, 0.05) is 28.3 Å². The van der Waals surface area contributed by atoms with E-state index in [1.54, 1.807) is 0 Å². The van der Waals surface area contributed by atoms with Gasteiger partial charge in [0.15, 0.2) is 23.0 Å². The van der Waals surface area contributed by atoms with Gasteiger partial charge in [0.1, 0.15) is 0 Å². The number of phenols is 4. The average molecular weight is 394 g/mol. The zero-order chi connectivity index (χ0) is 20.8. The van der Waals surface area contributed by atoms with E-state index in [0.29, 0.717) is 12.8 Å². The van der Waals surface area contributed by atoms with Gasteiger partial charge in [-0.25, -0.2) is 0 Å². The molecular weight excluding hydrogens is 376 g/mol. The average Bonchev–Trinajstić information content (AvgIpc) is 3.15. The van der Waals surface area contributed by atoms with E-state index in [0.717, 1.165) is 22.3 Å². The minimum absolute atomic E-state index is 0.176. The van der Waals surface area contributed by atoms with Gasteiger partial charge in [0.05, 0.1) is 0 Å². The van der Waals surface area contributed by atoms with Crippen molar-refractivity contribution < 1.29 is 20.4 Å². The second-order valence-corrected chi connectivity index (χ2v) is 7.57. The van der Waals surface area contributed by atoms with Gasteiger partial charge in [-0.3, -0.25) is 0 Å². The van der Waals surface area contributed by atoms with Crippen molar-refractivity contribution in [2.24, 2.45) is 10.2 Å². The highest BCUT2D eigenvalue weighted by atomic mass is 16.3. The van der Waals surface area contributed by atoms with Crippen LogP contribution in [0.1, 0.15) is 46.9 Å². The number of hydrogen-bond donors (Lipinski definition) is 4. The first-order valence-electron chi connectivity index (χ1n) is 9.05. The van der Waals surface area contributed by atoms with Crippen LogP contribution in [0.15, 0.2) is 34.5 Å². The van der Waals surface area contributed by atoms with Gasteiger partial charge in [-0.2, -0.15) is 0 Å². The zero-order valence-corrected chi connectivity index (χ0v) is 15.3. The van der Waals surface area contributed by atoms with E-state index in [-0.39, 0.29) is 47.9 Å². The number of azide groups is 2. The Kier molecular flexibility index (Phi) is 4.30. The maximum absolute atomic E-state index is 10.2. The minimum atomic E-state index is -0.647. The summed E-state index contributed by atoms with van der Waals surface area (Å²) in [5.74, 6) is -1.46. The third-order valence-electron chi connectivity index (χ3n) is 6.12. The SMILES string of the molecule is [N-]=[N+]=NCC1CC2(CC(CN=[N+]=[N-])c3cc(O)c(O)cc32)c2cc(O)c(O)cc21. The molecule has 0 aliphatic heterocycles. The lowest BCUT2D eigenvalue weighted by Crippen LogP contribution is -2.22. The second-order valence-electron chi connectivity index (χ2n) is 7.57. The molecule has 2 aliphatic rings. The van der Waals surface area contributed by atoms with Crippen molar-refractivity contribution in [3.8, 4) is 23.0 Å². The number of fused-ring (bicyclic) bond motifs is 4. The number of rotatable bonds is 4. The first-order chi connectivity index (χ1) is 13.9. The van der Waals surface area contributed by atoms with Crippen LogP contribution in [-0.4, -0.2) is 33.5 Å². The fraction of sp³-hybridized carbons (Fsp3) is 0.368. The number of benzene rings is 2. The summed E-state index contributed by atoms with van der Waals surface area (Å²) in [6.45, 7) is 0.353. The van der Waals surface area contributed by atoms with Crippen molar-refractivity contribution in [3.63, 3.8) is 0 Å². The number of aromatic hydroxyl groups is 4. The molecule has 0 saturated carbocycles. The molecule has 4 rings (SSSR count). The summed E-state index contributed by atoms with van der Waals surface area (Å²) in [6.07, 6.45) is 1.04. The Labute approximate surface area is 164 Å². The van der Waals surface area contributed by atoms with Crippen molar-refractivity contribution in [2.45, 2.75) is 30.1 Å². The Balaban J connectivity index is 1.95. The molecule has 0 aromatic heterocycles. The quantitative estimate of drug-likeness (QED) is 0.260. The van der Waals surface area contributed by atoms with Crippen molar-refractivity contribution in [2.75, 3.05) is 13.1 Å². The molecule has 0 amide bonds. The summed E-state index contributed by atoms with van der Waals surface area (Å²) in [6, 6.07) is 5.98. The Morgan fingerprint density at radius 2 is 1.14 bits per heavy atom. The normalized spacial score (nSPS) is 23.9. The Morgan fingerprint density at radius 3 is 1.52 bits per heavy atom. The largest absolute Gasteiger partial charge is 0.504 e. The smallest absolute Gasteiger partial charge is 0.157 e. The molecule has 0 saturated heterocycles. The number of nitrogens with zero attached hydrogens (tertiary/aromatic N) is 6. The molecule has 29 heavy (non-hydrogen) atoms. The molecular formula is C19H18N6O4. The second kappa shape index (κ2) is 6.70. The standard InChI is InChI=1S/C19H18N6O4/c20-24-22-7-9-5-19(13-3-17(28)15(26)1-11(9)13)6-10(8-23-25-21)12-2-16(27)18(29)4-14(12)19/h1-4,9-10,26-29H,5-8H2. The molecule has 10 heteroatoms. The van der Waals surface area contributed by atoms with Gasteiger partial charge >= 0.3 is 0 Å². The summed E-state index contributed by atoms with van der Waals surface area (Å²) in [5, 5.41) is 47.7. The summed E-state index contributed by atoms with van der Waals surface area (Å²) >= 11 is 0. The Hall–Kier alpha value is -3.74. The summed E-state index contributed by atoms with van der Waals surface area (Å²) in [5.41, 5.74) is 19.9. The predicted molar refractivity (Wildman–Crippen MR) is 103 cm³/mol. The minimum Gasteiger partial charge on any atom is -0.504 e. The first-order valence-corrected chi connectivity index (χ1v) is 9.05. The molecule has 148 valence electrons. The molecule has 0 fully saturated rings. The van der Waals surface area contributed by atoms with Gasteiger partial charge in [-0.15, -0.1) is 0 Å². The lowest BCUT2D eigenvalue weighted by atomic mass is 9.75. The highest BCUT2D eigenvalue weighted by molar-refractivity contribution is 5.63. The van der Waals surface area contributed by atoms with Crippen LogP contribution >= 0.6 is 0 Å². The summed E-state index contributed by atoms with van der Waals surface area (Å²) < 4.78 is 0. The van der Waals surface area contributed by atoms with E-state index in [1.807, 2.05) is 0 Å². The van der Waals surface area contributed by atoms with Crippen LogP contribution in [-0.2, 0) is 5.41 Å². The van der Waals surface area contributed by atoms with Crippen molar-refractivity contribution in [1.82, 2.24) is 0 Å². The van der Waals surface area contributed by atoms with E-state index >= 15 is 0 Å². The van der Waals surface area contributed by atoms with Gasteiger partial charge in [0.25, 0.3) is 0 Å². The zero-order valence-electron chi connectivity index (χ0n) is 15.3. The van der Waals surface area contributed by atoms with Gasteiger partial charge in [0.2, 0.25) is 0 Å². The molecule has 10 nitrogen and oxygen atoms in total. The van der Waals surface area contributed by atoms with Crippen LogP contribution in [0.5, 0.6) is 23.0 Å². The molecule has 2 atom stereocenters. The Bertz CT molecular complexity index is 1020. The van der Waals surface area contributed by atoms with Crippen LogP contribution in [0.3, 0.4) is 0 Å². The monoisotopic (exact) mass is 394 g/mol. The molecule has 0 heterocycles. The Morgan fingerprint density at radius 1 is 0.759 bits per heavy atom. The molecule has 0 bridgehead atoms. The van der Waals surface area contributed by atoms with Crippen molar-refractivity contribution >= 4 is 0 Å². The van der Waals surface area contributed by atoms with E-state index in [1.165, 1.54) is 24.3 Å². The van der Waals surface area contributed by atoms with E-state index < -0.39 is 5.41 Å². The van der Waals surface area contributed by atoms with E-state index in [2.05, 4.69) is 20.1 Å². The molecule has 2 aromatic rings. The first kappa shape index (κ1) is 18.6. The van der Waals surface area contributed by atoms with Gasteiger partial charge in [-0.1, -0.05) is 10.2 Å². The lowest BCUT2D eigenvalue weighted by Gasteiger charge is -2.28.